The van der Waals surface area contributed by atoms with Crippen molar-refractivity contribution in [2.24, 2.45) is 0 Å². The summed E-state index contributed by atoms with van der Waals surface area (Å²) in [6.07, 6.45) is 1.48. The fraction of sp³-hybridized carbons (Fsp3) is 0.241. The highest BCUT2D eigenvalue weighted by Crippen LogP contribution is 2.43. The van der Waals surface area contributed by atoms with E-state index in [2.05, 4.69) is 25.4 Å². The zero-order chi connectivity index (χ0) is 26.4. The van der Waals surface area contributed by atoms with E-state index in [1.54, 1.807) is 19.1 Å². The summed E-state index contributed by atoms with van der Waals surface area (Å²) in [5.41, 5.74) is 3.60. The van der Waals surface area contributed by atoms with Crippen LogP contribution in [-0.4, -0.2) is 23.5 Å². The van der Waals surface area contributed by atoms with Crippen LogP contribution in [-0.2, 0) is 4.74 Å². The second-order valence-electron chi connectivity index (χ2n) is 9.37. The lowest BCUT2D eigenvalue weighted by Crippen LogP contribution is -2.29. The Kier molecular flexibility index (Phi) is 6.29. The monoisotopic (exact) mass is 514 g/mol. The molecule has 3 heterocycles. The first-order valence-electron chi connectivity index (χ1n) is 12.0. The third kappa shape index (κ3) is 4.17. The molecule has 0 bridgehead atoms. The molecule has 8 heteroatoms. The molecule has 5 rings (SSSR count). The van der Waals surface area contributed by atoms with Crippen LogP contribution in [0.4, 0.5) is 5.13 Å². The number of hydrogen-bond donors (Lipinski definition) is 0. The van der Waals surface area contributed by atoms with Crippen molar-refractivity contribution in [3.63, 3.8) is 0 Å². The number of thiazole rings is 1. The summed E-state index contributed by atoms with van der Waals surface area (Å²) in [5, 5.41) is 0.707. The number of esters is 1. The van der Waals surface area contributed by atoms with E-state index in [9.17, 15) is 14.4 Å². The maximum Gasteiger partial charge on any atom is 0.350 e. The van der Waals surface area contributed by atoms with E-state index in [1.165, 1.54) is 11.0 Å². The summed E-state index contributed by atoms with van der Waals surface area (Å²) in [6.45, 7) is 11.4. The number of carbonyl (C=O) groups excluding carboxylic acids is 2. The quantitative estimate of drug-likeness (QED) is 0.229. The highest BCUT2D eigenvalue weighted by atomic mass is 32.1. The Bertz CT molecular complexity index is 1610. The molecular formula is C29H26N2O5S. The smallest absolute Gasteiger partial charge is 0.350 e. The molecule has 0 radical (unpaired) electrons. The topological polar surface area (TPSA) is 89.7 Å². The minimum absolute atomic E-state index is 0.0112. The summed E-state index contributed by atoms with van der Waals surface area (Å²) in [7, 11) is 0. The minimum atomic E-state index is -0.757. The van der Waals surface area contributed by atoms with Gasteiger partial charge in [-0.2, -0.15) is 0 Å². The second-order valence-corrected chi connectivity index (χ2v) is 10.3. The lowest BCUT2D eigenvalue weighted by molar-refractivity contribution is 0.0554. The molecule has 0 saturated carbocycles. The van der Waals surface area contributed by atoms with Crippen molar-refractivity contribution in [1.82, 2.24) is 4.98 Å². The van der Waals surface area contributed by atoms with Crippen LogP contribution in [0.25, 0.3) is 11.0 Å². The molecule has 1 aliphatic rings. The van der Waals surface area contributed by atoms with Gasteiger partial charge < -0.3 is 9.15 Å². The van der Waals surface area contributed by atoms with Crippen molar-refractivity contribution in [3.8, 4) is 0 Å². The normalized spacial score (nSPS) is 14.9. The number of benzene rings is 2. The van der Waals surface area contributed by atoms with Crippen molar-refractivity contribution in [3.05, 3.63) is 104 Å². The molecule has 37 heavy (non-hydrogen) atoms. The van der Waals surface area contributed by atoms with Gasteiger partial charge in [0.15, 0.2) is 10.6 Å². The SMILES string of the molecule is C=CCOC(=O)c1sc(N2C(=O)c3oc4ccc(C)cc4c(=O)c3C2c2ccc(C(C)C)cc2)nc1C. The molecule has 0 fully saturated rings. The molecule has 0 aliphatic carbocycles. The number of amides is 1. The van der Waals surface area contributed by atoms with Gasteiger partial charge in [0.1, 0.15) is 17.1 Å². The van der Waals surface area contributed by atoms with E-state index in [-0.39, 0.29) is 33.4 Å². The molecule has 2 aromatic heterocycles. The lowest BCUT2D eigenvalue weighted by Gasteiger charge is -2.23. The van der Waals surface area contributed by atoms with Crippen LogP contribution in [0.3, 0.4) is 0 Å². The molecule has 0 N–H and O–H groups in total. The summed E-state index contributed by atoms with van der Waals surface area (Å²) >= 11 is 1.05. The number of ether oxygens (including phenoxy) is 1. The zero-order valence-corrected chi connectivity index (χ0v) is 21.8. The van der Waals surface area contributed by atoms with Crippen molar-refractivity contribution in [2.45, 2.75) is 39.7 Å². The predicted molar refractivity (Wildman–Crippen MR) is 144 cm³/mol. The molecule has 0 spiro atoms. The van der Waals surface area contributed by atoms with Gasteiger partial charge >= 0.3 is 5.97 Å². The predicted octanol–water partition coefficient (Wildman–Crippen LogP) is 6.08. The van der Waals surface area contributed by atoms with Crippen LogP contribution in [0.15, 0.2) is 64.3 Å². The molecule has 1 amide bonds. The number of hydrogen-bond acceptors (Lipinski definition) is 7. The Labute approximate surface area is 218 Å². The Hall–Kier alpha value is -4.04. The van der Waals surface area contributed by atoms with E-state index >= 15 is 0 Å². The van der Waals surface area contributed by atoms with E-state index in [1.807, 2.05) is 37.3 Å². The average Bonchev–Trinajstić information content (AvgIpc) is 3.40. The molecule has 7 nitrogen and oxygen atoms in total. The van der Waals surface area contributed by atoms with Gasteiger partial charge in [-0.25, -0.2) is 9.78 Å². The summed E-state index contributed by atoms with van der Waals surface area (Å²) in [4.78, 5) is 46.5. The molecule has 1 unspecified atom stereocenters. The third-order valence-electron chi connectivity index (χ3n) is 6.45. The Balaban J connectivity index is 1.71. The van der Waals surface area contributed by atoms with Crippen LogP contribution < -0.4 is 10.3 Å². The van der Waals surface area contributed by atoms with Crippen molar-refractivity contribution >= 4 is 39.3 Å². The fourth-order valence-electron chi connectivity index (χ4n) is 4.54. The largest absolute Gasteiger partial charge is 0.457 e. The standard InChI is InChI=1S/C29H26N2O5S/c1-6-13-35-28(34)26-17(5)30-29(37-26)31-23(19-10-8-18(9-11-19)15(2)3)22-24(32)20-14-16(4)7-12-21(20)36-25(22)27(31)33/h6-12,14-15,23H,1,13H2,2-5H3. The van der Waals surface area contributed by atoms with Crippen LogP contribution in [0.1, 0.15) is 74.0 Å². The molecule has 4 aromatic rings. The summed E-state index contributed by atoms with van der Waals surface area (Å²) < 4.78 is 11.2. The van der Waals surface area contributed by atoms with Gasteiger partial charge in [0.25, 0.3) is 5.91 Å². The number of carbonyl (C=O) groups is 2. The summed E-state index contributed by atoms with van der Waals surface area (Å²) in [6, 6.07) is 12.4. The molecular weight excluding hydrogens is 488 g/mol. The second kappa shape index (κ2) is 9.44. The number of aryl methyl sites for hydroxylation is 2. The molecule has 188 valence electrons. The van der Waals surface area contributed by atoms with Crippen molar-refractivity contribution in [2.75, 3.05) is 11.5 Å². The molecule has 2 aromatic carbocycles. The number of nitrogens with zero attached hydrogens (tertiary/aromatic N) is 2. The van der Waals surface area contributed by atoms with Gasteiger partial charge in [-0.15, -0.1) is 0 Å². The third-order valence-corrected chi connectivity index (χ3v) is 7.59. The maximum atomic E-state index is 13.8. The molecule has 1 atom stereocenters. The average molecular weight is 515 g/mol. The maximum absolute atomic E-state index is 13.8. The number of rotatable bonds is 6. The van der Waals surface area contributed by atoms with Gasteiger partial charge in [0.2, 0.25) is 5.76 Å². The lowest BCUT2D eigenvalue weighted by atomic mass is 9.95. The van der Waals surface area contributed by atoms with Crippen molar-refractivity contribution < 1.29 is 18.7 Å². The van der Waals surface area contributed by atoms with E-state index < -0.39 is 17.9 Å². The summed E-state index contributed by atoms with van der Waals surface area (Å²) in [5.74, 6) is -0.709. The Morgan fingerprint density at radius 1 is 1.19 bits per heavy atom. The highest BCUT2D eigenvalue weighted by molar-refractivity contribution is 7.17. The first kappa shape index (κ1) is 24.6. The first-order chi connectivity index (χ1) is 17.7. The Morgan fingerprint density at radius 3 is 2.59 bits per heavy atom. The van der Waals surface area contributed by atoms with Crippen LogP contribution in [0.2, 0.25) is 0 Å². The number of fused-ring (bicyclic) bond motifs is 2. The van der Waals surface area contributed by atoms with E-state index in [0.717, 1.165) is 28.0 Å². The molecule has 1 aliphatic heterocycles. The van der Waals surface area contributed by atoms with E-state index in [4.69, 9.17) is 9.15 Å². The number of aromatic nitrogens is 1. The Morgan fingerprint density at radius 2 is 1.92 bits per heavy atom. The van der Waals surface area contributed by atoms with E-state index in [0.29, 0.717) is 22.6 Å². The highest BCUT2D eigenvalue weighted by Gasteiger charge is 2.45. The van der Waals surface area contributed by atoms with Crippen LogP contribution in [0.5, 0.6) is 0 Å². The minimum Gasteiger partial charge on any atom is -0.457 e. The van der Waals surface area contributed by atoms with Gasteiger partial charge in [0, 0.05) is 0 Å². The van der Waals surface area contributed by atoms with Gasteiger partial charge in [-0.3, -0.25) is 14.5 Å². The number of anilines is 1. The molecule has 0 saturated heterocycles. The van der Waals surface area contributed by atoms with Crippen LogP contribution >= 0.6 is 11.3 Å². The fourth-order valence-corrected chi connectivity index (χ4v) is 5.52. The van der Waals surface area contributed by atoms with Crippen molar-refractivity contribution in [1.29, 1.82) is 0 Å². The first-order valence-corrected chi connectivity index (χ1v) is 12.8. The van der Waals surface area contributed by atoms with Gasteiger partial charge in [-0.1, -0.05) is 73.7 Å². The van der Waals surface area contributed by atoms with Gasteiger partial charge in [-0.05, 0) is 43.0 Å². The van der Waals surface area contributed by atoms with Gasteiger partial charge in [0.05, 0.1) is 22.7 Å². The zero-order valence-electron chi connectivity index (χ0n) is 21.0. The van der Waals surface area contributed by atoms with Crippen LogP contribution in [0, 0.1) is 13.8 Å².